The Morgan fingerprint density at radius 2 is 2.00 bits per heavy atom. The Kier molecular flexibility index (Phi) is 4.42. The normalized spacial score (nSPS) is 21.5. The molecule has 5 rings (SSSR count). The number of aromatic nitrogens is 2. The van der Waals surface area contributed by atoms with Gasteiger partial charge in [-0.05, 0) is 43.7 Å². The van der Waals surface area contributed by atoms with Gasteiger partial charge in [-0.3, -0.25) is 13.9 Å². The van der Waals surface area contributed by atoms with Crippen LogP contribution in [0.15, 0.2) is 53.7 Å². The Morgan fingerprint density at radius 3 is 2.89 bits per heavy atom. The van der Waals surface area contributed by atoms with Gasteiger partial charge in [0, 0.05) is 38.1 Å². The minimum absolute atomic E-state index is 0.516. The van der Waals surface area contributed by atoms with Gasteiger partial charge < -0.3 is 4.90 Å². The second-order valence-corrected chi connectivity index (χ2v) is 8.91. The van der Waals surface area contributed by atoms with Crippen molar-refractivity contribution < 1.29 is 4.21 Å². The molecular weight excluding hydrogens is 380 g/mol. The average molecular weight is 401 g/mol. The van der Waals surface area contributed by atoms with Crippen LogP contribution in [0.4, 0.5) is 5.69 Å². The molecule has 0 saturated carbocycles. The maximum atomic E-state index is 13.3. The quantitative estimate of drug-likeness (QED) is 0.674. The lowest BCUT2D eigenvalue weighted by Crippen LogP contribution is -2.50. The van der Waals surface area contributed by atoms with Gasteiger partial charge in [-0.2, -0.15) is 0 Å². The number of halogens is 1. The average Bonchev–Trinajstić information content (AvgIpc) is 3.32. The van der Waals surface area contributed by atoms with Crippen LogP contribution in [0.1, 0.15) is 12.8 Å². The smallest absolute Gasteiger partial charge is 0.158 e. The van der Waals surface area contributed by atoms with Crippen LogP contribution in [0.5, 0.6) is 0 Å². The fourth-order valence-corrected chi connectivity index (χ4v) is 5.78. The second-order valence-electron chi connectivity index (χ2n) is 7.17. The van der Waals surface area contributed by atoms with Crippen LogP contribution in [0.25, 0.3) is 11.0 Å². The first kappa shape index (κ1) is 17.2. The third-order valence-corrected chi connectivity index (χ3v) is 7.47. The topological polar surface area (TPSA) is 41.4 Å². The number of nitrogens with zero attached hydrogens (tertiary/aromatic N) is 4. The predicted molar refractivity (Wildman–Crippen MR) is 110 cm³/mol. The predicted octanol–water partition coefficient (Wildman–Crippen LogP) is 3.55. The van der Waals surface area contributed by atoms with E-state index in [0.717, 1.165) is 36.4 Å². The molecule has 4 heterocycles. The summed E-state index contributed by atoms with van der Waals surface area (Å²) < 4.78 is 15.1. The number of pyridine rings is 1. The number of anilines is 1. The Balaban J connectivity index is 1.57. The molecule has 0 bridgehead atoms. The van der Waals surface area contributed by atoms with Gasteiger partial charge in [0.2, 0.25) is 0 Å². The maximum Gasteiger partial charge on any atom is 0.158 e. The van der Waals surface area contributed by atoms with Crippen molar-refractivity contribution in [2.24, 2.45) is 0 Å². The summed E-state index contributed by atoms with van der Waals surface area (Å²) in [5.74, 6) is 0. The van der Waals surface area contributed by atoms with Crippen molar-refractivity contribution in [3.63, 3.8) is 0 Å². The van der Waals surface area contributed by atoms with Crippen molar-refractivity contribution in [3.05, 3.63) is 53.8 Å². The van der Waals surface area contributed by atoms with Crippen LogP contribution < -0.4 is 4.90 Å². The zero-order valence-corrected chi connectivity index (χ0v) is 16.5. The summed E-state index contributed by atoms with van der Waals surface area (Å²) >= 11 is 6.30. The Bertz CT molecular complexity index is 1020. The van der Waals surface area contributed by atoms with E-state index in [1.165, 1.54) is 19.4 Å². The van der Waals surface area contributed by atoms with Gasteiger partial charge >= 0.3 is 0 Å². The van der Waals surface area contributed by atoms with E-state index in [4.69, 9.17) is 11.6 Å². The summed E-state index contributed by atoms with van der Waals surface area (Å²) in [6.45, 7) is 4.28. The molecule has 2 aromatic heterocycles. The molecule has 2 aliphatic heterocycles. The van der Waals surface area contributed by atoms with Crippen molar-refractivity contribution in [2.75, 3.05) is 31.1 Å². The van der Waals surface area contributed by atoms with E-state index in [-0.39, 0.29) is 0 Å². The number of hydrogen-bond acceptors (Lipinski definition) is 4. The highest BCUT2D eigenvalue weighted by atomic mass is 35.5. The molecule has 1 aromatic carbocycles. The minimum Gasteiger partial charge on any atom is -0.366 e. The number of benzene rings is 1. The summed E-state index contributed by atoms with van der Waals surface area (Å²) in [6.07, 6.45) is 6.34. The zero-order valence-electron chi connectivity index (χ0n) is 14.9. The van der Waals surface area contributed by atoms with Crippen LogP contribution in [0.2, 0.25) is 5.02 Å². The fraction of sp³-hybridized carbons (Fsp3) is 0.350. The molecule has 0 spiro atoms. The molecule has 0 aliphatic carbocycles. The summed E-state index contributed by atoms with van der Waals surface area (Å²) in [5, 5.41) is 0.516. The largest absolute Gasteiger partial charge is 0.366 e. The van der Waals surface area contributed by atoms with Crippen molar-refractivity contribution in [1.82, 2.24) is 13.9 Å². The van der Waals surface area contributed by atoms with Gasteiger partial charge in [-0.15, -0.1) is 0 Å². The summed E-state index contributed by atoms with van der Waals surface area (Å²) in [7, 11) is -1.41. The zero-order chi connectivity index (χ0) is 18.4. The Labute approximate surface area is 166 Å². The van der Waals surface area contributed by atoms with Crippen molar-refractivity contribution in [2.45, 2.75) is 23.8 Å². The molecule has 2 atom stereocenters. The van der Waals surface area contributed by atoms with Crippen molar-refractivity contribution in [1.29, 1.82) is 0 Å². The van der Waals surface area contributed by atoms with E-state index < -0.39 is 11.0 Å². The maximum absolute atomic E-state index is 13.3. The highest BCUT2D eigenvalue weighted by Crippen LogP contribution is 2.33. The number of fused-ring (bicyclic) bond motifs is 2. The molecule has 0 amide bonds. The van der Waals surface area contributed by atoms with Crippen LogP contribution in [-0.4, -0.2) is 50.3 Å². The van der Waals surface area contributed by atoms with Gasteiger partial charge in [-0.1, -0.05) is 23.7 Å². The first-order chi connectivity index (χ1) is 13.2. The Morgan fingerprint density at radius 1 is 1.11 bits per heavy atom. The van der Waals surface area contributed by atoms with Gasteiger partial charge in [0.05, 0.1) is 21.1 Å². The molecule has 5 nitrogen and oxygen atoms in total. The van der Waals surface area contributed by atoms with Gasteiger partial charge in [0.1, 0.15) is 5.52 Å². The van der Waals surface area contributed by atoms with Crippen molar-refractivity contribution in [3.8, 4) is 0 Å². The first-order valence-electron chi connectivity index (χ1n) is 9.34. The summed E-state index contributed by atoms with van der Waals surface area (Å²) in [4.78, 5) is 10.2. The molecule has 0 radical (unpaired) electrons. The lowest BCUT2D eigenvalue weighted by atomic mass is 10.1. The van der Waals surface area contributed by atoms with Crippen LogP contribution >= 0.6 is 11.6 Å². The monoisotopic (exact) mass is 400 g/mol. The fourth-order valence-electron chi connectivity index (χ4n) is 4.28. The molecule has 3 aromatic rings. The van der Waals surface area contributed by atoms with Gasteiger partial charge in [0.15, 0.2) is 11.0 Å². The molecule has 2 aliphatic rings. The molecule has 7 heteroatoms. The van der Waals surface area contributed by atoms with Crippen LogP contribution in [0.3, 0.4) is 0 Å². The standard InChI is InChI=1S/C20H21ClN4OS/c21-16-6-1-2-8-19(16)27(26)25-14-18(20-17(25)7-3-9-22-20)24-12-11-23-10-4-5-15(23)13-24/h1-3,6-9,14-15H,4-5,10-13H2. The SMILES string of the molecule is O=S(c1ccccc1Cl)n1cc(N2CCN3CCCC3C2)c2ncccc21. The summed E-state index contributed by atoms with van der Waals surface area (Å²) in [6, 6.07) is 11.8. The van der Waals surface area contributed by atoms with E-state index in [2.05, 4.69) is 14.8 Å². The lowest BCUT2D eigenvalue weighted by molar-refractivity contribution is 0.231. The minimum atomic E-state index is -1.41. The first-order valence-corrected chi connectivity index (χ1v) is 10.8. The van der Waals surface area contributed by atoms with E-state index in [1.54, 1.807) is 16.2 Å². The van der Waals surface area contributed by atoms with Crippen LogP contribution in [-0.2, 0) is 11.0 Å². The summed E-state index contributed by atoms with van der Waals surface area (Å²) in [5.41, 5.74) is 2.85. The molecule has 2 unspecified atom stereocenters. The van der Waals surface area contributed by atoms with E-state index in [0.29, 0.717) is 16.0 Å². The van der Waals surface area contributed by atoms with Crippen LogP contribution in [0, 0.1) is 0 Å². The molecular formula is C20H21ClN4OS. The number of rotatable bonds is 3. The second kappa shape index (κ2) is 6.93. The third-order valence-electron chi connectivity index (χ3n) is 5.64. The van der Waals surface area contributed by atoms with Crippen molar-refractivity contribution >= 4 is 39.3 Å². The molecule has 0 N–H and O–H groups in total. The highest BCUT2D eigenvalue weighted by Gasteiger charge is 2.32. The van der Waals surface area contributed by atoms with E-state index in [1.807, 2.05) is 36.5 Å². The highest BCUT2D eigenvalue weighted by molar-refractivity contribution is 7.83. The molecule has 2 fully saturated rings. The number of piperazine rings is 1. The van der Waals surface area contributed by atoms with E-state index >= 15 is 0 Å². The molecule has 27 heavy (non-hydrogen) atoms. The third kappa shape index (κ3) is 2.96. The lowest BCUT2D eigenvalue weighted by Gasteiger charge is -2.38. The van der Waals surface area contributed by atoms with Gasteiger partial charge in [0.25, 0.3) is 0 Å². The number of hydrogen-bond donors (Lipinski definition) is 0. The molecule has 140 valence electrons. The molecule has 2 saturated heterocycles. The van der Waals surface area contributed by atoms with E-state index in [9.17, 15) is 4.21 Å². The Hall–Kier alpha value is -1.89. The van der Waals surface area contributed by atoms with Gasteiger partial charge in [-0.25, -0.2) is 4.21 Å².